The third kappa shape index (κ3) is 2.23. The van der Waals surface area contributed by atoms with E-state index in [2.05, 4.69) is 10.3 Å². The number of rotatable bonds is 4. The van der Waals surface area contributed by atoms with Crippen LogP contribution in [0.1, 0.15) is 11.5 Å². The summed E-state index contributed by atoms with van der Waals surface area (Å²) in [5.74, 6) is 1.10. The maximum atomic E-state index is 10.9. The Bertz CT molecular complexity index is 578. The zero-order valence-corrected chi connectivity index (χ0v) is 10.1. The molecule has 1 aromatic carbocycles. The number of nitrogens with one attached hydrogen (secondary N) is 1. The molecule has 0 radical (unpaired) electrons. The van der Waals surface area contributed by atoms with Gasteiger partial charge in [-0.15, -0.1) is 0 Å². The Morgan fingerprint density at radius 2 is 2.28 bits per heavy atom. The van der Waals surface area contributed by atoms with Crippen LogP contribution >= 0.6 is 0 Å². The van der Waals surface area contributed by atoms with E-state index in [-0.39, 0.29) is 5.69 Å². The molecule has 1 heterocycles. The van der Waals surface area contributed by atoms with Gasteiger partial charge < -0.3 is 9.73 Å². The minimum atomic E-state index is -0.399. The lowest BCUT2D eigenvalue weighted by Crippen LogP contribution is -2.04. The number of nitrogens with zero attached hydrogens (tertiary/aromatic N) is 2. The van der Waals surface area contributed by atoms with Crippen LogP contribution in [-0.4, -0.2) is 17.0 Å². The second kappa shape index (κ2) is 4.97. The molecule has 1 aromatic heterocycles. The largest absolute Gasteiger partial charge is 0.439 e. The van der Waals surface area contributed by atoms with Crippen LogP contribution in [0, 0.1) is 17.0 Å². The molecule has 1 N–H and O–H groups in total. The topological polar surface area (TPSA) is 81.2 Å². The van der Waals surface area contributed by atoms with Crippen LogP contribution in [0.15, 0.2) is 28.8 Å². The summed E-state index contributed by atoms with van der Waals surface area (Å²) in [4.78, 5) is 14.6. The molecule has 0 atom stereocenters. The van der Waals surface area contributed by atoms with Gasteiger partial charge in [0.1, 0.15) is 0 Å². The van der Waals surface area contributed by atoms with Crippen LogP contribution < -0.4 is 5.32 Å². The van der Waals surface area contributed by atoms with Gasteiger partial charge in [-0.2, -0.15) is 0 Å². The van der Waals surface area contributed by atoms with Gasteiger partial charge in [0.05, 0.1) is 17.7 Å². The van der Waals surface area contributed by atoms with Crippen LogP contribution in [0.2, 0.25) is 0 Å². The third-order valence-electron chi connectivity index (χ3n) is 2.65. The molecule has 0 aliphatic rings. The Balaban J connectivity index is 2.43. The molecule has 6 heteroatoms. The molecule has 0 amide bonds. The van der Waals surface area contributed by atoms with Crippen molar-refractivity contribution < 1.29 is 9.34 Å². The SMILES string of the molecule is CNCc1ncc(-c2cccc([N+](=O)[O-])c2C)o1. The molecule has 0 unspecified atom stereocenters. The lowest BCUT2D eigenvalue weighted by Gasteiger charge is -2.02. The molecule has 2 aromatic rings. The summed E-state index contributed by atoms with van der Waals surface area (Å²) >= 11 is 0. The van der Waals surface area contributed by atoms with Crippen molar-refractivity contribution in [3.05, 3.63) is 46.0 Å². The van der Waals surface area contributed by atoms with Gasteiger partial charge in [0, 0.05) is 17.2 Å². The molecule has 0 saturated heterocycles. The molecule has 0 aliphatic carbocycles. The van der Waals surface area contributed by atoms with Gasteiger partial charge in [-0.3, -0.25) is 10.1 Å². The van der Waals surface area contributed by atoms with E-state index in [9.17, 15) is 10.1 Å². The van der Waals surface area contributed by atoms with Crippen molar-refractivity contribution in [1.82, 2.24) is 10.3 Å². The summed E-state index contributed by atoms with van der Waals surface area (Å²) in [6.45, 7) is 2.22. The van der Waals surface area contributed by atoms with Crippen molar-refractivity contribution in [1.29, 1.82) is 0 Å². The fourth-order valence-corrected chi connectivity index (χ4v) is 1.76. The van der Waals surface area contributed by atoms with Crippen molar-refractivity contribution in [2.45, 2.75) is 13.5 Å². The molecule has 94 valence electrons. The van der Waals surface area contributed by atoms with Crippen LogP contribution in [-0.2, 0) is 6.54 Å². The lowest BCUT2D eigenvalue weighted by atomic mass is 10.1. The molecule has 0 spiro atoms. The molecule has 0 fully saturated rings. The van der Waals surface area contributed by atoms with Gasteiger partial charge in [-0.1, -0.05) is 12.1 Å². The fraction of sp³-hybridized carbons (Fsp3) is 0.250. The lowest BCUT2D eigenvalue weighted by molar-refractivity contribution is -0.385. The first-order chi connectivity index (χ1) is 8.63. The van der Waals surface area contributed by atoms with E-state index >= 15 is 0 Å². The summed E-state index contributed by atoms with van der Waals surface area (Å²) in [6.07, 6.45) is 1.58. The highest BCUT2D eigenvalue weighted by atomic mass is 16.6. The minimum Gasteiger partial charge on any atom is -0.439 e. The zero-order chi connectivity index (χ0) is 13.1. The van der Waals surface area contributed by atoms with Crippen molar-refractivity contribution in [2.24, 2.45) is 0 Å². The van der Waals surface area contributed by atoms with Gasteiger partial charge in [-0.25, -0.2) is 4.98 Å². The number of benzene rings is 1. The van der Waals surface area contributed by atoms with E-state index in [0.29, 0.717) is 29.3 Å². The zero-order valence-electron chi connectivity index (χ0n) is 10.1. The standard InChI is InChI=1S/C12H13N3O3/c1-8-9(4-3-5-10(8)15(16)17)11-6-14-12(18-11)7-13-2/h3-6,13H,7H2,1-2H3. The summed E-state index contributed by atoms with van der Waals surface area (Å²) in [7, 11) is 1.79. The fourth-order valence-electron chi connectivity index (χ4n) is 1.76. The quantitative estimate of drug-likeness (QED) is 0.662. The number of nitro benzene ring substituents is 1. The third-order valence-corrected chi connectivity index (χ3v) is 2.65. The maximum absolute atomic E-state index is 10.9. The number of hydrogen-bond acceptors (Lipinski definition) is 5. The number of aromatic nitrogens is 1. The van der Waals surface area contributed by atoms with E-state index in [0.717, 1.165) is 0 Å². The Kier molecular flexibility index (Phi) is 3.38. The summed E-state index contributed by atoms with van der Waals surface area (Å²) in [5.41, 5.74) is 1.35. The molecular formula is C12H13N3O3. The predicted octanol–water partition coefficient (Wildman–Crippen LogP) is 2.28. The molecular weight excluding hydrogens is 234 g/mol. The highest BCUT2D eigenvalue weighted by Crippen LogP contribution is 2.30. The van der Waals surface area contributed by atoms with E-state index in [4.69, 9.17) is 4.42 Å². The first kappa shape index (κ1) is 12.3. The first-order valence-corrected chi connectivity index (χ1v) is 5.47. The minimum absolute atomic E-state index is 0.0825. The van der Waals surface area contributed by atoms with Crippen molar-refractivity contribution in [3.63, 3.8) is 0 Å². The van der Waals surface area contributed by atoms with E-state index in [1.165, 1.54) is 6.07 Å². The number of nitro groups is 1. The Morgan fingerprint density at radius 3 is 2.94 bits per heavy atom. The Morgan fingerprint density at radius 1 is 1.50 bits per heavy atom. The average molecular weight is 247 g/mol. The summed E-state index contributed by atoms with van der Waals surface area (Å²) in [5, 5.41) is 13.8. The maximum Gasteiger partial charge on any atom is 0.273 e. The van der Waals surface area contributed by atoms with E-state index in [1.807, 2.05) is 0 Å². The molecule has 2 rings (SSSR count). The second-order valence-electron chi connectivity index (χ2n) is 3.86. The van der Waals surface area contributed by atoms with Crippen LogP contribution in [0.4, 0.5) is 5.69 Å². The smallest absolute Gasteiger partial charge is 0.273 e. The van der Waals surface area contributed by atoms with Gasteiger partial charge in [-0.05, 0) is 14.0 Å². The normalized spacial score (nSPS) is 10.6. The van der Waals surface area contributed by atoms with Gasteiger partial charge >= 0.3 is 0 Å². The molecule has 6 nitrogen and oxygen atoms in total. The predicted molar refractivity (Wildman–Crippen MR) is 66.1 cm³/mol. The van der Waals surface area contributed by atoms with Gasteiger partial charge in [0.25, 0.3) is 5.69 Å². The average Bonchev–Trinajstić information content (AvgIpc) is 2.78. The van der Waals surface area contributed by atoms with E-state index in [1.54, 1.807) is 32.3 Å². The Hall–Kier alpha value is -2.21. The van der Waals surface area contributed by atoms with E-state index < -0.39 is 4.92 Å². The summed E-state index contributed by atoms with van der Waals surface area (Å²) < 4.78 is 5.53. The first-order valence-electron chi connectivity index (χ1n) is 5.47. The second-order valence-corrected chi connectivity index (χ2v) is 3.86. The van der Waals surface area contributed by atoms with Crippen molar-refractivity contribution >= 4 is 5.69 Å². The van der Waals surface area contributed by atoms with Gasteiger partial charge in [0.15, 0.2) is 5.76 Å². The summed E-state index contributed by atoms with van der Waals surface area (Å²) in [6, 6.07) is 4.90. The molecule has 0 bridgehead atoms. The highest BCUT2D eigenvalue weighted by Gasteiger charge is 2.16. The number of oxazole rings is 1. The molecule has 0 saturated carbocycles. The van der Waals surface area contributed by atoms with Crippen molar-refractivity contribution in [3.8, 4) is 11.3 Å². The van der Waals surface area contributed by atoms with Crippen LogP contribution in [0.25, 0.3) is 11.3 Å². The highest BCUT2D eigenvalue weighted by molar-refractivity contribution is 5.66. The van der Waals surface area contributed by atoms with Crippen LogP contribution in [0.3, 0.4) is 0 Å². The van der Waals surface area contributed by atoms with Gasteiger partial charge in [0.2, 0.25) is 5.89 Å². The number of hydrogen-bond donors (Lipinski definition) is 1. The Labute approximate surface area is 104 Å². The molecule has 18 heavy (non-hydrogen) atoms. The monoisotopic (exact) mass is 247 g/mol. The van der Waals surface area contributed by atoms with Crippen molar-refractivity contribution in [2.75, 3.05) is 7.05 Å². The molecule has 0 aliphatic heterocycles. The van der Waals surface area contributed by atoms with Crippen LogP contribution in [0.5, 0.6) is 0 Å².